The van der Waals surface area contributed by atoms with Crippen LogP contribution in [0.25, 0.3) is 0 Å². The fourth-order valence-electron chi connectivity index (χ4n) is 1.54. The predicted octanol–water partition coefficient (Wildman–Crippen LogP) is 1.43. The van der Waals surface area contributed by atoms with E-state index in [2.05, 4.69) is 0 Å². The molecule has 0 heterocycles. The predicted molar refractivity (Wildman–Crippen MR) is 62.3 cm³/mol. The number of carboxylic acid groups (broad SMARTS) is 1. The van der Waals surface area contributed by atoms with Gasteiger partial charge in [-0.15, -0.1) is 0 Å². The average Bonchev–Trinajstić information content (AvgIpc) is 2.01. The van der Waals surface area contributed by atoms with Gasteiger partial charge < -0.3 is 5.11 Å². The van der Waals surface area contributed by atoms with Gasteiger partial charge in [0.15, 0.2) is 0 Å². The molecule has 0 bridgehead atoms. The van der Waals surface area contributed by atoms with Crippen molar-refractivity contribution in [3.63, 3.8) is 0 Å². The molecule has 3 heteroatoms. The summed E-state index contributed by atoms with van der Waals surface area (Å²) in [5, 5.41) is 9.00. The molecule has 14 heavy (non-hydrogen) atoms. The Balaban J connectivity index is 0.00000169. The first-order valence-corrected chi connectivity index (χ1v) is 4.26. The first-order valence-electron chi connectivity index (χ1n) is 4.26. The van der Waals surface area contributed by atoms with Gasteiger partial charge in [-0.3, -0.25) is 0 Å². The molecule has 0 aromatic heterocycles. The number of carboxylic acids is 1. The molecule has 0 amide bonds. The van der Waals surface area contributed by atoms with Crippen molar-refractivity contribution in [3.05, 3.63) is 33.9 Å². The van der Waals surface area contributed by atoms with E-state index in [1.807, 2.05) is 33.8 Å². The molecule has 1 N–H and O–H groups in total. The van der Waals surface area contributed by atoms with Gasteiger partial charge in [0.25, 0.3) is 0 Å². The van der Waals surface area contributed by atoms with Crippen LogP contribution >= 0.6 is 0 Å². The summed E-state index contributed by atoms with van der Waals surface area (Å²) in [6.07, 6.45) is 0. The summed E-state index contributed by atoms with van der Waals surface area (Å²) < 4.78 is 0. The Labute approximate surface area is 97.4 Å². The number of rotatable bonds is 1. The van der Waals surface area contributed by atoms with E-state index >= 15 is 0 Å². The Morgan fingerprint density at radius 1 is 1.07 bits per heavy atom. The van der Waals surface area contributed by atoms with Gasteiger partial charge in [-0.25, -0.2) is 4.79 Å². The van der Waals surface area contributed by atoms with E-state index in [1.54, 1.807) is 0 Å². The van der Waals surface area contributed by atoms with E-state index in [9.17, 15) is 4.79 Å². The molecule has 0 atom stereocenters. The molecule has 0 radical (unpaired) electrons. The van der Waals surface area contributed by atoms with Crippen molar-refractivity contribution in [2.75, 3.05) is 0 Å². The standard InChI is InChI=1S/C11H14O2.Ga.3H/c1-6-5-7(2)9(4)10(8(6)3)11(12)13;;;;/h5H,1-4H3,(H,12,13);;;;. The summed E-state index contributed by atoms with van der Waals surface area (Å²) in [4.78, 5) is 10.9. The fourth-order valence-corrected chi connectivity index (χ4v) is 1.54. The van der Waals surface area contributed by atoms with Crippen LogP contribution in [0.15, 0.2) is 6.07 Å². The van der Waals surface area contributed by atoms with Gasteiger partial charge in [-0.2, -0.15) is 0 Å². The Morgan fingerprint density at radius 2 is 1.43 bits per heavy atom. The molecule has 0 saturated heterocycles. The molecule has 0 fully saturated rings. The Morgan fingerprint density at radius 3 is 1.71 bits per heavy atom. The van der Waals surface area contributed by atoms with Crippen LogP contribution in [0.2, 0.25) is 0 Å². The van der Waals surface area contributed by atoms with E-state index < -0.39 is 5.97 Å². The van der Waals surface area contributed by atoms with Crippen LogP contribution in [0.4, 0.5) is 0 Å². The summed E-state index contributed by atoms with van der Waals surface area (Å²) >= 11 is 0. The van der Waals surface area contributed by atoms with Crippen LogP contribution in [-0.2, 0) is 0 Å². The molecular formula is C11H17GaO2. The van der Waals surface area contributed by atoms with Gasteiger partial charge in [0.2, 0.25) is 0 Å². The zero-order valence-corrected chi connectivity index (χ0v) is 8.43. The normalized spacial score (nSPS) is 9.43. The van der Waals surface area contributed by atoms with Crippen LogP contribution in [0, 0.1) is 27.7 Å². The second kappa shape index (κ2) is 4.71. The fraction of sp³-hybridized carbons (Fsp3) is 0.364. The number of hydrogen-bond acceptors (Lipinski definition) is 1. The number of benzene rings is 1. The molecule has 76 valence electrons. The molecule has 1 aromatic rings. The van der Waals surface area contributed by atoms with Crippen molar-refractivity contribution in [3.8, 4) is 0 Å². The van der Waals surface area contributed by atoms with Crippen LogP contribution < -0.4 is 0 Å². The van der Waals surface area contributed by atoms with Crippen LogP contribution in [0.5, 0.6) is 0 Å². The van der Waals surface area contributed by atoms with E-state index in [1.165, 1.54) is 0 Å². The molecule has 0 saturated carbocycles. The van der Waals surface area contributed by atoms with Gasteiger partial charge >= 0.3 is 25.8 Å². The van der Waals surface area contributed by atoms with Crippen molar-refractivity contribution < 1.29 is 9.90 Å². The minimum absolute atomic E-state index is 0. The minimum atomic E-state index is -0.832. The number of aromatic carboxylic acids is 1. The maximum absolute atomic E-state index is 10.9. The Bertz CT molecular complexity index is 344. The molecule has 1 aromatic carbocycles. The summed E-state index contributed by atoms with van der Waals surface area (Å²) in [5.74, 6) is -0.832. The molecule has 2 nitrogen and oxygen atoms in total. The molecule has 1 rings (SSSR count). The number of hydrogen-bond donors (Lipinski definition) is 1. The van der Waals surface area contributed by atoms with Crippen LogP contribution in [0.3, 0.4) is 0 Å². The summed E-state index contributed by atoms with van der Waals surface area (Å²) in [6.45, 7) is 7.58. The Hall–Kier alpha value is -0.674. The second-order valence-corrected chi connectivity index (χ2v) is 3.44. The first-order chi connectivity index (χ1) is 5.95. The van der Waals surface area contributed by atoms with Crippen molar-refractivity contribution in [1.29, 1.82) is 0 Å². The topological polar surface area (TPSA) is 37.3 Å². The summed E-state index contributed by atoms with van der Waals surface area (Å²) in [6, 6.07) is 2.02. The molecule has 0 aliphatic carbocycles. The molecule has 0 aliphatic heterocycles. The monoisotopic (exact) mass is 250 g/mol. The van der Waals surface area contributed by atoms with E-state index in [0.717, 1.165) is 22.3 Å². The van der Waals surface area contributed by atoms with E-state index in [-0.39, 0.29) is 19.8 Å². The molecule has 0 aliphatic rings. The Kier molecular flexibility index (Phi) is 4.48. The van der Waals surface area contributed by atoms with E-state index in [4.69, 9.17) is 5.11 Å². The van der Waals surface area contributed by atoms with Crippen molar-refractivity contribution >= 4 is 25.8 Å². The third-order valence-corrected chi connectivity index (χ3v) is 2.58. The quantitative estimate of drug-likeness (QED) is 0.766. The van der Waals surface area contributed by atoms with Crippen molar-refractivity contribution in [2.24, 2.45) is 0 Å². The van der Waals surface area contributed by atoms with Crippen LogP contribution in [0.1, 0.15) is 32.6 Å². The van der Waals surface area contributed by atoms with Gasteiger partial charge in [0.05, 0.1) is 5.56 Å². The molecule has 0 unspecified atom stereocenters. The summed E-state index contributed by atoms with van der Waals surface area (Å²) in [7, 11) is 0. The van der Waals surface area contributed by atoms with E-state index in [0.29, 0.717) is 5.56 Å². The van der Waals surface area contributed by atoms with Crippen LogP contribution in [-0.4, -0.2) is 30.9 Å². The third-order valence-electron chi connectivity index (χ3n) is 2.58. The molecular weight excluding hydrogens is 234 g/mol. The third kappa shape index (κ3) is 2.22. The number of aryl methyl sites for hydroxylation is 2. The zero-order valence-electron chi connectivity index (χ0n) is 8.43. The van der Waals surface area contributed by atoms with Gasteiger partial charge in [0, 0.05) is 0 Å². The number of carbonyl (C=O) groups is 1. The van der Waals surface area contributed by atoms with Gasteiger partial charge in [-0.1, -0.05) is 6.07 Å². The average molecular weight is 251 g/mol. The van der Waals surface area contributed by atoms with Gasteiger partial charge in [-0.05, 0) is 49.9 Å². The first kappa shape index (κ1) is 13.3. The zero-order chi connectivity index (χ0) is 10.2. The summed E-state index contributed by atoms with van der Waals surface area (Å²) in [5.41, 5.74) is 4.28. The second-order valence-electron chi connectivity index (χ2n) is 3.44. The molecule has 0 spiro atoms. The van der Waals surface area contributed by atoms with Crippen molar-refractivity contribution in [2.45, 2.75) is 27.7 Å². The maximum atomic E-state index is 10.9. The van der Waals surface area contributed by atoms with Gasteiger partial charge in [0.1, 0.15) is 0 Å². The van der Waals surface area contributed by atoms with Crippen molar-refractivity contribution in [1.82, 2.24) is 0 Å². The SMILES string of the molecule is Cc1cc(C)c(C)c(C(=O)O)c1C.[GaH3].